The first-order chi connectivity index (χ1) is 9.33. The number of rotatable bonds is 2. The number of nitrogens with zero attached hydrogens (tertiary/aromatic N) is 4. The molecule has 1 unspecified atom stereocenters. The van der Waals surface area contributed by atoms with E-state index in [-0.39, 0.29) is 6.04 Å². The van der Waals surface area contributed by atoms with Crippen molar-refractivity contribution in [3.8, 4) is 0 Å². The third kappa shape index (κ3) is 2.96. The quantitative estimate of drug-likeness (QED) is 0.824. The molecule has 1 atom stereocenters. The van der Waals surface area contributed by atoms with E-state index in [9.17, 15) is 0 Å². The van der Waals surface area contributed by atoms with Gasteiger partial charge < -0.3 is 20.3 Å². The molecule has 1 aromatic rings. The molecule has 0 saturated carbocycles. The van der Waals surface area contributed by atoms with Crippen LogP contribution in [0.3, 0.4) is 0 Å². The normalized spacial score (nSPS) is 24.6. The van der Waals surface area contributed by atoms with E-state index in [4.69, 9.17) is 10.5 Å². The molecule has 2 fully saturated rings. The third-order valence-electron chi connectivity index (χ3n) is 3.76. The molecule has 0 spiro atoms. The zero-order valence-electron chi connectivity index (χ0n) is 11.2. The van der Waals surface area contributed by atoms with E-state index in [0.717, 1.165) is 63.9 Å². The molecular weight excluding hydrogens is 242 g/mol. The highest BCUT2D eigenvalue weighted by Crippen LogP contribution is 2.21. The van der Waals surface area contributed by atoms with E-state index in [1.54, 1.807) is 6.33 Å². The maximum Gasteiger partial charge on any atom is 0.134 e. The van der Waals surface area contributed by atoms with Crippen LogP contribution in [0, 0.1) is 0 Å². The zero-order valence-corrected chi connectivity index (χ0v) is 11.2. The first kappa shape index (κ1) is 12.6. The average molecular weight is 263 g/mol. The Balaban J connectivity index is 1.75. The number of hydrogen-bond donors (Lipinski definition) is 1. The average Bonchev–Trinajstić information content (AvgIpc) is 2.48. The summed E-state index contributed by atoms with van der Waals surface area (Å²) in [5, 5.41) is 0. The molecule has 2 aliphatic heterocycles. The van der Waals surface area contributed by atoms with Crippen LogP contribution in [0.25, 0.3) is 0 Å². The molecule has 0 aromatic carbocycles. The molecule has 19 heavy (non-hydrogen) atoms. The summed E-state index contributed by atoms with van der Waals surface area (Å²) < 4.78 is 5.37. The number of hydrogen-bond acceptors (Lipinski definition) is 6. The predicted octanol–water partition coefficient (Wildman–Crippen LogP) is 0.241. The van der Waals surface area contributed by atoms with Crippen molar-refractivity contribution in [2.24, 2.45) is 5.73 Å². The summed E-state index contributed by atoms with van der Waals surface area (Å²) in [5.41, 5.74) is 6.03. The van der Waals surface area contributed by atoms with Gasteiger partial charge in [-0.3, -0.25) is 0 Å². The summed E-state index contributed by atoms with van der Waals surface area (Å²) in [6, 6.07) is 2.33. The van der Waals surface area contributed by atoms with E-state index in [2.05, 4.69) is 25.8 Å². The molecule has 104 valence electrons. The van der Waals surface area contributed by atoms with Crippen molar-refractivity contribution in [1.82, 2.24) is 9.97 Å². The van der Waals surface area contributed by atoms with Gasteiger partial charge in [0.15, 0.2) is 0 Å². The second kappa shape index (κ2) is 5.71. The van der Waals surface area contributed by atoms with Gasteiger partial charge in [0.25, 0.3) is 0 Å². The molecule has 6 heteroatoms. The van der Waals surface area contributed by atoms with E-state index in [0.29, 0.717) is 0 Å². The minimum absolute atomic E-state index is 0.260. The number of nitrogens with two attached hydrogens (primary N) is 1. The van der Waals surface area contributed by atoms with Gasteiger partial charge in [-0.05, 0) is 12.8 Å². The number of aromatic nitrogens is 2. The fourth-order valence-corrected chi connectivity index (χ4v) is 2.69. The minimum atomic E-state index is 0.260. The maximum atomic E-state index is 6.03. The van der Waals surface area contributed by atoms with Gasteiger partial charge in [-0.25, -0.2) is 9.97 Å². The Kier molecular flexibility index (Phi) is 3.79. The van der Waals surface area contributed by atoms with Crippen LogP contribution in [0.5, 0.6) is 0 Å². The van der Waals surface area contributed by atoms with Crippen LogP contribution in [-0.4, -0.2) is 55.4 Å². The van der Waals surface area contributed by atoms with Crippen LogP contribution in [0.4, 0.5) is 11.6 Å². The zero-order chi connectivity index (χ0) is 13.1. The largest absolute Gasteiger partial charge is 0.378 e. The van der Waals surface area contributed by atoms with Crippen LogP contribution in [0.15, 0.2) is 12.4 Å². The van der Waals surface area contributed by atoms with Gasteiger partial charge in [-0.15, -0.1) is 0 Å². The van der Waals surface area contributed by atoms with Gasteiger partial charge in [0, 0.05) is 38.3 Å². The van der Waals surface area contributed by atoms with Crippen LogP contribution >= 0.6 is 0 Å². The molecule has 0 aliphatic carbocycles. The van der Waals surface area contributed by atoms with Crippen molar-refractivity contribution in [3.63, 3.8) is 0 Å². The van der Waals surface area contributed by atoms with Crippen LogP contribution in [-0.2, 0) is 4.74 Å². The van der Waals surface area contributed by atoms with Gasteiger partial charge >= 0.3 is 0 Å². The Hall–Kier alpha value is -1.40. The molecule has 2 N–H and O–H groups in total. The Bertz CT molecular complexity index is 421. The smallest absolute Gasteiger partial charge is 0.134 e. The van der Waals surface area contributed by atoms with Gasteiger partial charge in [0.05, 0.1) is 13.2 Å². The standard InChI is InChI=1S/C13H21N5O/c14-11-2-1-3-18(9-11)13-8-12(15-10-16-13)17-4-6-19-7-5-17/h8,10-11H,1-7,9,14H2. The van der Waals surface area contributed by atoms with Gasteiger partial charge in [-0.1, -0.05) is 0 Å². The summed E-state index contributed by atoms with van der Waals surface area (Å²) in [6.07, 6.45) is 3.90. The fourth-order valence-electron chi connectivity index (χ4n) is 2.69. The topological polar surface area (TPSA) is 67.5 Å². The number of ether oxygens (including phenoxy) is 1. The predicted molar refractivity (Wildman–Crippen MR) is 74.5 cm³/mol. The van der Waals surface area contributed by atoms with Crippen molar-refractivity contribution in [3.05, 3.63) is 12.4 Å². The fraction of sp³-hybridized carbons (Fsp3) is 0.692. The summed E-state index contributed by atoms with van der Waals surface area (Å²) in [7, 11) is 0. The monoisotopic (exact) mass is 263 g/mol. The number of piperidine rings is 1. The number of anilines is 2. The van der Waals surface area contributed by atoms with Crippen LogP contribution in [0.2, 0.25) is 0 Å². The van der Waals surface area contributed by atoms with Crippen molar-refractivity contribution in [1.29, 1.82) is 0 Å². The number of morpholine rings is 1. The molecule has 6 nitrogen and oxygen atoms in total. The van der Waals surface area contributed by atoms with Crippen molar-refractivity contribution in [2.45, 2.75) is 18.9 Å². The summed E-state index contributed by atoms with van der Waals surface area (Å²) in [5.74, 6) is 1.99. The third-order valence-corrected chi connectivity index (χ3v) is 3.76. The Labute approximate surface area is 113 Å². The molecule has 0 radical (unpaired) electrons. The van der Waals surface area contributed by atoms with Gasteiger partial charge in [-0.2, -0.15) is 0 Å². The van der Waals surface area contributed by atoms with Gasteiger partial charge in [0.2, 0.25) is 0 Å². The summed E-state index contributed by atoms with van der Waals surface area (Å²) >= 11 is 0. The van der Waals surface area contributed by atoms with Crippen molar-refractivity contribution < 1.29 is 4.74 Å². The van der Waals surface area contributed by atoms with Crippen LogP contribution in [0.1, 0.15) is 12.8 Å². The minimum Gasteiger partial charge on any atom is -0.378 e. The lowest BCUT2D eigenvalue weighted by atomic mass is 10.1. The van der Waals surface area contributed by atoms with Crippen LogP contribution < -0.4 is 15.5 Å². The maximum absolute atomic E-state index is 6.03. The lowest BCUT2D eigenvalue weighted by Gasteiger charge is -2.33. The second-order valence-corrected chi connectivity index (χ2v) is 5.18. The summed E-state index contributed by atoms with van der Waals surface area (Å²) in [6.45, 7) is 5.26. The highest BCUT2D eigenvalue weighted by atomic mass is 16.5. The molecule has 0 amide bonds. The first-order valence-electron chi connectivity index (χ1n) is 6.98. The Morgan fingerprint density at radius 2 is 1.84 bits per heavy atom. The highest BCUT2D eigenvalue weighted by molar-refractivity contribution is 5.50. The molecule has 1 aromatic heterocycles. The van der Waals surface area contributed by atoms with Gasteiger partial charge in [0.1, 0.15) is 18.0 Å². The van der Waals surface area contributed by atoms with E-state index < -0.39 is 0 Å². The SMILES string of the molecule is NC1CCCN(c2cc(N3CCOCC3)ncn2)C1. The second-order valence-electron chi connectivity index (χ2n) is 5.18. The lowest BCUT2D eigenvalue weighted by molar-refractivity contribution is 0.122. The Morgan fingerprint density at radius 1 is 1.11 bits per heavy atom. The van der Waals surface area contributed by atoms with E-state index in [1.165, 1.54) is 0 Å². The molecule has 3 rings (SSSR count). The lowest BCUT2D eigenvalue weighted by Crippen LogP contribution is -2.43. The van der Waals surface area contributed by atoms with Crippen molar-refractivity contribution >= 4 is 11.6 Å². The van der Waals surface area contributed by atoms with Crippen molar-refractivity contribution in [2.75, 3.05) is 49.2 Å². The molecular formula is C13H21N5O. The highest BCUT2D eigenvalue weighted by Gasteiger charge is 2.19. The Morgan fingerprint density at radius 3 is 2.58 bits per heavy atom. The molecule has 0 bridgehead atoms. The molecule has 3 heterocycles. The van der Waals surface area contributed by atoms with E-state index >= 15 is 0 Å². The first-order valence-corrected chi connectivity index (χ1v) is 6.98. The summed E-state index contributed by atoms with van der Waals surface area (Å²) in [4.78, 5) is 13.3. The van der Waals surface area contributed by atoms with E-state index in [1.807, 2.05) is 0 Å². The molecule has 2 saturated heterocycles. The molecule has 2 aliphatic rings.